The molecular formula is C19H20Cl2N2O3S. The van der Waals surface area contributed by atoms with Gasteiger partial charge in [0.05, 0.1) is 10.8 Å². The summed E-state index contributed by atoms with van der Waals surface area (Å²) in [5, 5.41) is 3.97. The molecule has 0 aromatic heterocycles. The van der Waals surface area contributed by atoms with Crippen LogP contribution < -0.4 is 5.32 Å². The molecule has 0 bridgehead atoms. The highest BCUT2D eigenvalue weighted by atomic mass is 35.5. The SMILES string of the molecule is O=C(NCc1cccc(Cl)c1)C1CCCN(S(=O)(=O)c2ccc(Cl)cc2)C1. The fourth-order valence-electron chi connectivity index (χ4n) is 3.11. The van der Waals surface area contributed by atoms with Crippen molar-refractivity contribution in [2.24, 2.45) is 5.92 Å². The molecule has 27 heavy (non-hydrogen) atoms. The van der Waals surface area contributed by atoms with Crippen molar-refractivity contribution in [2.45, 2.75) is 24.3 Å². The lowest BCUT2D eigenvalue weighted by molar-refractivity contribution is -0.126. The minimum atomic E-state index is -3.64. The number of hydrogen-bond donors (Lipinski definition) is 1. The van der Waals surface area contributed by atoms with E-state index in [1.54, 1.807) is 24.3 Å². The normalized spacial score (nSPS) is 18.2. The van der Waals surface area contributed by atoms with Crippen molar-refractivity contribution < 1.29 is 13.2 Å². The van der Waals surface area contributed by atoms with Gasteiger partial charge < -0.3 is 5.32 Å². The largest absolute Gasteiger partial charge is 0.352 e. The molecule has 1 atom stereocenters. The highest BCUT2D eigenvalue weighted by Gasteiger charge is 2.33. The molecule has 144 valence electrons. The molecule has 1 heterocycles. The van der Waals surface area contributed by atoms with Gasteiger partial charge in [-0.2, -0.15) is 4.31 Å². The second-order valence-corrected chi connectivity index (χ2v) is 9.31. The van der Waals surface area contributed by atoms with Gasteiger partial charge in [0.2, 0.25) is 15.9 Å². The van der Waals surface area contributed by atoms with Gasteiger partial charge >= 0.3 is 0 Å². The Hall–Kier alpha value is -1.60. The molecule has 2 aromatic carbocycles. The zero-order valence-electron chi connectivity index (χ0n) is 14.6. The van der Waals surface area contributed by atoms with Crippen molar-refractivity contribution in [1.82, 2.24) is 9.62 Å². The van der Waals surface area contributed by atoms with Gasteiger partial charge in [0.25, 0.3) is 0 Å². The minimum absolute atomic E-state index is 0.147. The van der Waals surface area contributed by atoms with E-state index in [0.29, 0.717) is 36.0 Å². The van der Waals surface area contributed by atoms with Gasteiger partial charge in [-0.1, -0.05) is 35.3 Å². The highest BCUT2D eigenvalue weighted by molar-refractivity contribution is 7.89. The number of piperidine rings is 1. The fraction of sp³-hybridized carbons (Fsp3) is 0.316. The van der Waals surface area contributed by atoms with Gasteiger partial charge in [-0.3, -0.25) is 4.79 Å². The van der Waals surface area contributed by atoms with E-state index in [-0.39, 0.29) is 23.3 Å². The Morgan fingerprint density at radius 2 is 1.85 bits per heavy atom. The number of amides is 1. The number of carbonyl (C=O) groups excluding carboxylic acids is 1. The molecule has 1 unspecified atom stereocenters. The summed E-state index contributed by atoms with van der Waals surface area (Å²) in [6, 6.07) is 13.3. The van der Waals surface area contributed by atoms with Crippen molar-refractivity contribution >= 4 is 39.1 Å². The summed E-state index contributed by atoms with van der Waals surface area (Å²) in [7, 11) is -3.64. The summed E-state index contributed by atoms with van der Waals surface area (Å²) in [4.78, 5) is 12.7. The standard InChI is InChI=1S/C19H20Cl2N2O3S/c20-16-6-8-18(9-7-16)27(25,26)23-10-2-4-15(13-23)19(24)22-12-14-3-1-5-17(21)11-14/h1,3,5-9,11,15H,2,4,10,12-13H2,(H,22,24). The van der Waals surface area contributed by atoms with Crippen LogP contribution in [0, 0.1) is 5.92 Å². The number of nitrogens with zero attached hydrogens (tertiary/aromatic N) is 1. The van der Waals surface area contributed by atoms with Crippen LogP contribution in [0.2, 0.25) is 10.0 Å². The van der Waals surface area contributed by atoms with Gasteiger partial charge in [0, 0.05) is 29.7 Å². The molecule has 0 saturated carbocycles. The summed E-state index contributed by atoms with van der Waals surface area (Å²) < 4.78 is 27.0. The molecular weight excluding hydrogens is 407 g/mol. The van der Waals surface area contributed by atoms with Crippen molar-refractivity contribution in [3.63, 3.8) is 0 Å². The molecule has 1 amide bonds. The third-order valence-electron chi connectivity index (χ3n) is 4.56. The number of halogens is 2. The zero-order chi connectivity index (χ0) is 19.4. The van der Waals surface area contributed by atoms with Crippen LogP contribution in [-0.2, 0) is 21.4 Å². The molecule has 1 saturated heterocycles. The monoisotopic (exact) mass is 426 g/mol. The molecule has 0 aliphatic carbocycles. The van der Waals surface area contributed by atoms with Crippen molar-refractivity contribution in [1.29, 1.82) is 0 Å². The molecule has 1 N–H and O–H groups in total. The quantitative estimate of drug-likeness (QED) is 0.791. The predicted octanol–water partition coefficient (Wildman–Crippen LogP) is 3.71. The molecule has 0 radical (unpaired) electrons. The number of carbonyl (C=O) groups is 1. The molecule has 1 aliphatic rings. The van der Waals surface area contributed by atoms with E-state index in [0.717, 1.165) is 5.56 Å². The Balaban J connectivity index is 1.64. The van der Waals surface area contributed by atoms with Gasteiger partial charge in [0.15, 0.2) is 0 Å². The fourth-order valence-corrected chi connectivity index (χ4v) is 4.97. The maximum Gasteiger partial charge on any atom is 0.243 e. The maximum absolute atomic E-state index is 12.8. The number of benzene rings is 2. The third-order valence-corrected chi connectivity index (χ3v) is 6.93. The Morgan fingerprint density at radius 3 is 2.56 bits per heavy atom. The second kappa shape index (κ2) is 8.61. The van der Waals surface area contributed by atoms with Crippen LogP contribution in [0.15, 0.2) is 53.4 Å². The van der Waals surface area contributed by atoms with E-state index < -0.39 is 10.0 Å². The maximum atomic E-state index is 12.8. The van der Waals surface area contributed by atoms with Crippen LogP contribution in [0.25, 0.3) is 0 Å². The first-order chi connectivity index (χ1) is 12.9. The van der Waals surface area contributed by atoms with Crippen LogP contribution >= 0.6 is 23.2 Å². The van der Waals surface area contributed by atoms with Crippen molar-refractivity contribution in [3.8, 4) is 0 Å². The minimum Gasteiger partial charge on any atom is -0.352 e. The lowest BCUT2D eigenvalue weighted by Crippen LogP contribution is -2.45. The average molecular weight is 427 g/mol. The Kier molecular flexibility index (Phi) is 6.42. The van der Waals surface area contributed by atoms with E-state index >= 15 is 0 Å². The molecule has 3 rings (SSSR count). The average Bonchev–Trinajstić information content (AvgIpc) is 2.66. The zero-order valence-corrected chi connectivity index (χ0v) is 16.9. The summed E-state index contributed by atoms with van der Waals surface area (Å²) in [5.74, 6) is -0.522. The summed E-state index contributed by atoms with van der Waals surface area (Å²) in [6.07, 6.45) is 1.30. The highest BCUT2D eigenvalue weighted by Crippen LogP contribution is 2.25. The summed E-state index contributed by atoms with van der Waals surface area (Å²) >= 11 is 11.8. The van der Waals surface area contributed by atoms with E-state index in [2.05, 4.69) is 5.32 Å². The van der Waals surface area contributed by atoms with Crippen LogP contribution in [0.5, 0.6) is 0 Å². The molecule has 8 heteroatoms. The Bertz CT molecular complexity index is 917. The van der Waals surface area contributed by atoms with Crippen molar-refractivity contribution in [3.05, 3.63) is 64.1 Å². The van der Waals surface area contributed by atoms with E-state index in [4.69, 9.17) is 23.2 Å². The van der Waals surface area contributed by atoms with Crippen LogP contribution in [0.4, 0.5) is 0 Å². The van der Waals surface area contributed by atoms with Crippen LogP contribution in [0.3, 0.4) is 0 Å². The van der Waals surface area contributed by atoms with Gasteiger partial charge in [-0.25, -0.2) is 8.42 Å². The smallest absolute Gasteiger partial charge is 0.243 e. The van der Waals surface area contributed by atoms with Gasteiger partial charge in [0.1, 0.15) is 0 Å². The first kappa shape index (κ1) is 20.1. The van der Waals surface area contributed by atoms with Gasteiger partial charge in [-0.05, 0) is 54.8 Å². The number of rotatable bonds is 5. The van der Waals surface area contributed by atoms with Crippen LogP contribution in [0.1, 0.15) is 18.4 Å². The molecule has 1 aliphatic heterocycles. The van der Waals surface area contributed by atoms with E-state index in [9.17, 15) is 13.2 Å². The molecule has 2 aromatic rings. The molecule has 0 spiro atoms. The third kappa shape index (κ3) is 5.02. The first-order valence-electron chi connectivity index (χ1n) is 8.64. The van der Waals surface area contributed by atoms with Crippen molar-refractivity contribution in [2.75, 3.05) is 13.1 Å². The predicted molar refractivity (Wildman–Crippen MR) is 106 cm³/mol. The van der Waals surface area contributed by atoms with E-state index in [1.807, 2.05) is 12.1 Å². The topological polar surface area (TPSA) is 66.5 Å². The lowest BCUT2D eigenvalue weighted by Gasteiger charge is -2.31. The second-order valence-electron chi connectivity index (χ2n) is 6.50. The summed E-state index contributed by atoms with van der Waals surface area (Å²) in [6.45, 7) is 0.940. The first-order valence-corrected chi connectivity index (χ1v) is 10.8. The number of sulfonamides is 1. The molecule has 5 nitrogen and oxygen atoms in total. The van der Waals surface area contributed by atoms with E-state index in [1.165, 1.54) is 16.4 Å². The Morgan fingerprint density at radius 1 is 1.11 bits per heavy atom. The number of nitrogens with one attached hydrogen (secondary N) is 1. The summed E-state index contributed by atoms with van der Waals surface area (Å²) in [5.41, 5.74) is 0.900. The van der Waals surface area contributed by atoms with Crippen LogP contribution in [-0.4, -0.2) is 31.7 Å². The Labute approximate surface area is 169 Å². The lowest BCUT2D eigenvalue weighted by atomic mass is 9.99. The van der Waals surface area contributed by atoms with Gasteiger partial charge in [-0.15, -0.1) is 0 Å². The number of hydrogen-bond acceptors (Lipinski definition) is 3. The molecule has 1 fully saturated rings.